The van der Waals surface area contributed by atoms with Crippen LogP contribution in [0.15, 0.2) is 72.8 Å². The summed E-state index contributed by atoms with van der Waals surface area (Å²) >= 11 is 0. The van der Waals surface area contributed by atoms with E-state index < -0.39 is 11.8 Å². The first-order chi connectivity index (χ1) is 17.1. The van der Waals surface area contributed by atoms with Gasteiger partial charge in [-0.3, -0.25) is 4.79 Å². The first-order valence-corrected chi connectivity index (χ1v) is 11.8. The van der Waals surface area contributed by atoms with Gasteiger partial charge in [0.2, 0.25) is 0 Å². The van der Waals surface area contributed by atoms with E-state index in [1.807, 2.05) is 62.4 Å². The number of ketones is 1. The smallest absolute Gasteiger partial charge is 0.156 e. The fourth-order valence-electron chi connectivity index (χ4n) is 4.56. The van der Waals surface area contributed by atoms with E-state index in [1.165, 1.54) is 12.1 Å². The monoisotopic (exact) mass is 482 g/mol. The first kappa shape index (κ1) is 24.9. The van der Waals surface area contributed by atoms with E-state index in [0.717, 1.165) is 11.1 Å². The highest BCUT2D eigenvalue weighted by Gasteiger charge is 2.35. The molecule has 0 saturated heterocycles. The van der Waals surface area contributed by atoms with Crippen LogP contribution in [0, 0.1) is 27.7 Å². The van der Waals surface area contributed by atoms with E-state index in [1.54, 1.807) is 26.0 Å². The Balaban J connectivity index is 1.98. The summed E-state index contributed by atoms with van der Waals surface area (Å²) in [6, 6.07) is 20.8. The predicted molar refractivity (Wildman–Crippen MR) is 140 cm³/mol. The minimum Gasteiger partial charge on any atom is -0.508 e. The molecule has 0 aliphatic carbocycles. The SMILES string of the molecule is Cc1ccc(C(C(=O)C(c2ccc(C)cc2)c2cc(C)c(O)cc2O)c2cc(C)c(O)cc2O)cc1. The average molecular weight is 483 g/mol. The lowest BCUT2D eigenvalue weighted by molar-refractivity contribution is -0.120. The van der Waals surface area contributed by atoms with E-state index in [-0.39, 0.29) is 28.8 Å². The Labute approximate surface area is 210 Å². The van der Waals surface area contributed by atoms with Gasteiger partial charge in [-0.1, -0.05) is 59.7 Å². The van der Waals surface area contributed by atoms with Crippen molar-refractivity contribution >= 4 is 5.78 Å². The summed E-state index contributed by atoms with van der Waals surface area (Å²) in [5.41, 5.74) is 5.20. The van der Waals surface area contributed by atoms with Crippen LogP contribution in [0.2, 0.25) is 0 Å². The molecule has 4 aromatic rings. The summed E-state index contributed by atoms with van der Waals surface area (Å²) in [4.78, 5) is 14.6. The molecular formula is C31H30O5. The average Bonchev–Trinajstić information content (AvgIpc) is 2.83. The Morgan fingerprint density at radius 1 is 0.528 bits per heavy atom. The summed E-state index contributed by atoms with van der Waals surface area (Å²) in [5, 5.41) is 42.0. The number of aromatic hydroxyl groups is 4. The van der Waals surface area contributed by atoms with Gasteiger partial charge in [0.25, 0.3) is 0 Å². The third kappa shape index (κ3) is 4.78. The van der Waals surface area contributed by atoms with Crippen LogP contribution >= 0.6 is 0 Å². The molecule has 36 heavy (non-hydrogen) atoms. The summed E-state index contributed by atoms with van der Waals surface area (Å²) < 4.78 is 0. The summed E-state index contributed by atoms with van der Waals surface area (Å²) in [7, 11) is 0. The van der Waals surface area contributed by atoms with Gasteiger partial charge >= 0.3 is 0 Å². The first-order valence-electron chi connectivity index (χ1n) is 11.8. The highest BCUT2D eigenvalue weighted by atomic mass is 16.3. The maximum absolute atomic E-state index is 14.6. The van der Waals surface area contributed by atoms with Crippen LogP contribution in [0.25, 0.3) is 0 Å². The Kier molecular flexibility index (Phi) is 6.75. The van der Waals surface area contributed by atoms with E-state index in [4.69, 9.17) is 0 Å². The lowest BCUT2D eigenvalue weighted by Crippen LogP contribution is -2.23. The van der Waals surface area contributed by atoms with Gasteiger partial charge in [0, 0.05) is 23.3 Å². The van der Waals surface area contributed by atoms with E-state index >= 15 is 0 Å². The minimum atomic E-state index is -0.885. The molecule has 5 nitrogen and oxygen atoms in total. The second kappa shape index (κ2) is 9.78. The van der Waals surface area contributed by atoms with Gasteiger partial charge in [0.15, 0.2) is 5.78 Å². The number of Topliss-reactive ketones (excluding diaryl/α,β-unsaturated/α-hetero) is 1. The summed E-state index contributed by atoms with van der Waals surface area (Å²) in [6.45, 7) is 7.33. The third-order valence-electron chi connectivity index (χ3n) is 6.70. The highest BCUT2D eigenvalue weighted by molar-refractivity contribution is 5.98. The lowest BCUT2D eigenvalue weighted by atomic mass is 9.76. The third-order valence-corrected chi connectivity index (χ3v) is 6.70. The van der Waals surface area contributed by atoms with Gasteiger partial charge in [-0.15, -0.1) is 0 Å². The minimum absolute atomic E-state index is 0.0618. The predicted octanol–water partition coefficient (Wildman–Crippen LogP) is 6.28. The van der Waals surface area contributed by atoms with Gasteiger partial charge in [-0.05, 0) is 62.1 Å². The number of hydrogen-bond acceptors (Lipinski definition) is 5. The zero-order chi connectivity index (χ0) is 26.1. The van der Waals surface area contributed by atoms with E-state index in [9.17, 15) is 25.2 Å². The maximum Gasteiger partial charge on any atom is 0.156 e. The number of phenols is 4. The molecule has 0 spiro atoms. The molecule has 0 bridgehead atoms. The molecule has 0 aromatic heterocycles. The molecule has 0 aliphatic heterocycles. The van der Waals surface area contributed by atoms with Crippen molar-refractivity contribution in [3.05, 3.63) is 117 Å². The fourth-order valence-corrected chi connectivity index (χ4v) is 4.56. The molecule has 4 aromatic carbocycles. The normalized spacial score (nSPS) is 12.8. The van der Waals surface area contributed by atoms with Crippen molar-refractivity contribution in [3.63, 3.8) is 0 Å². The van der Waals surface area contributed by atoms with Crippen molar-refractivity contribution in [1.29, 1.82) is 0 Å². The van der Waals surface area contributed by atoms with Crippen LogP contribution in [0.3, 0.4) is 0 Å². The van der Waals surface area contributed by atoms with E-state index in [2.05, 4.69) is 0 Å². The molecule has 0 heterocycles. The molecule has 2 unspecified atom stereocenters. The second-order valence-corrected chi connectivity index (χ2v) is 9.48. The van der Waals surface area contributed by atoms with Crippen molar-refractivity contribution in [2.24, 2.45) is 0 Å². The zero-order valence-corrected chi connectivity index (χ0v) is 20.8. The molecule has 0 amide bonds. The molecule has 4 rings (SSSR count). The van der Waals surface area contributed by atoms with Crippen LogP contribution in [0.5, 0.6) is 23.0 Å². The molecule has 0 radical (unpaired) electrons. The van der Waals surface area contributed by atoms with Gasteiger partial charge in [-0.2, -0.15) is 0 Å². The van der Waals surface area contributed by atoms with Crippen LogP contribution in [-0.4, -0.2) is 26.2 Å². The molecular weight excluding hydrogens is 452 g/mol. The molecule has 2 atom stereocenters. The highest BCUT2D eigenvalue weighted by Crippen LogP contribution is 2.43. The van der Waals surface area contributed by atoms with Gasteiger partial charge in [0.05, 0.1) is 11.8 Å². The Morgan fingerprint density at radius 2 is 0.861 bits per heavy atom. The van der Waals surface area contributed by atoms with Crippen LogP contribution in [-0.2, 0) is 4.79 Å². The quantitative estimate of drug-likeness (QED) is 0.259. The zero-order valence-electron chi connectivity index (χ0n) is 20.8. The molecule has 0 saturated carbocycles. The van der Waals surface area contributed by atoms with Gasteiger partial charge in [0.1, 0.15) is 23.0 Å². The number of carbonyl (C=O) groups excluding carboxylic acids is 1. The number of phenolic OH excluding ortho intramolecular Hbond substituents is 4. The number of benzene rings is 4. The maximum atomic E-state index is 14.6. The lowest BCUT2D eigenvalue weighted by Gasteiger charge is -2.26. The molecule has 4 N–H and O–H groups in total. The number of rotatable bonds is 6. The molecule has 0 aliphatic rings. The number of hydrogen-bond donors (Lipinski definition) is 4. The summed E-state index contributed by atoms with van der Waals surface area (Å²) in [5.74, 6) is -2.53. The van der Waals surface area contributed by atoms with E-state index in [0.29, 0.717) is 33.4 Å². The molecule has 184 valence electrons. The Bertz CT molecular complexity index is 1310. The van der Waals surface area contributed by atoms with Crippen LogP contribution < -0.4 is 0 Å². The summed E-state index contributed by atoms with van der Waals surface area (Å²) in [6.07, 6.45) is 0. The Morgan fingerprint density at radius 3 is 1.19 bits per heavy atom. The molecule has 0 fully saturated rings. The van der Waals surface area contributed by atoms with Gasteiger partial charge in [-0.25, -0.2) is 0 Å². The van der Waals surface area contributed by atoms with Crippen molar-refractivity contribution in [3.8, 4) is 23.0 Å². The number of carbonyl (C=O) groups is 1. The van der Waals surface area contributed by atoms with Crippen molar-refractivity contribution in [2.45, 2.75) is 39.5 Å². The molecule has 5 heteroatoms. The Hall–Kier alpha value is -4.25. The standard InChI is InChI=1S/C31H30O5/c1-17-5-9-21(10-6-17)29(23-13-19(3)25(32)15-27(23)34)31(36)30(22-11-7-18(2)8-12-22)24-14-20(4)26(33)16-28(24)35/h5-16,29-30,32-35H,1-4H3. The van der Waals surface area contributed by atoms with Crippen molar-refractivity contribution in [2.75, 3.05) is 0 Å². The van der Waals surface area contributed by atoms with Crippen LogP contribution in [0.4, 0.5) is 0 Å². The largest absolute Gasteiger partial charge is 0.508 e. The van der Waals surface area contributed by atoms with Crippen LogP contribution in [0.1, 0.15) is 56.3 Å². The fraction of sp³-hybridized carbons (Fsp3) is 0.194. The van der Waals surface area contributed by atoms with Crippen molar-refractivity contribution in [1.82, 2.24) is 0 Å². The topological polar surface area (TPSA) is 98.0 Å². The number of aryl methyl sites for hydroxylation is 4. The van der Waals surface area contributed by atoms with Crippen molar-refractivity contribution < 1.29 is 25.2 Å². The van der Waals surface area contributed by atoms with Gasteiger partial charge < -0.3 is 20.4 Å². The second-order valence-electron chi connectivity index (χ2n) is 9.48.